The van der Waals surface area contributed by atoms with Gasteiger partial charge in [0.2, 0.25) is 5.82 Å². The number of nitrogens with zero attached hydrogens (tertiary/aromatic N) is 2. The monoisotopic (exact) mass is 249 g/mol. The normalized spacial score (nSPS) is 27.2. The zero-order chi connectivity index (χ0) is 13.3. The van der Waals surface area contributed by atoms with Crippen molar-refractivity contribution in [1.82, 2.24) is 4.98 Å². The van der Waals surface area contributed by atoms with E-state index in [2.05, 4.69) is 24.1 Å². The molecule has 3 atom stereocenters. The van der Waals surface area contributed by atoms with Gasteiger partial charge in [0.05, 0.1) is 4.92 Å². The zero-order valence-corrected chi connectivity index (χ0v) is 11.0. The molecule has 1 aromatic rings. The van der Waals surface area contributed by atoms with Crippen LogP contribution in [0, 0.1) is 28.9 Å². The molecule has 0 saturated heterocycles. The fourth-order valence-electron chi connectivity index (χ4n) is 2.63. The van der Waals surface area contributed by atoms with Gasteiger partial charge in [0.15, 0.2) is 0 Å². The lowest BCUT2D eigenvalue weighted by Gasteiger charge is -2.20. The summed E-state index contributed by atoms with van der Waals surface area (Å²) in [6.45, 7) is 6.16. The van der Waals surface area contributed by atoms with Crippen LogP contribution >= 0.6 is 0 Å². The molecule has 1 aromatic heterocycles. The molecule has 5 heteroatoms. The van der Waals surface area contributed by atoms with Crippen molar-refractivity contribution in [1.29, 1.82) is 0 Å². The number of aryl methyl sites for hydroxylation is 1. The number of pyridine rings is 1. The van der Waals surface area contributed by atoms with E-state index in [0.29, 0.717) is 23.2 Å². The average molecular weight is 249 g/mol. The van der Waals surface area contributed by atoms with Gasteiger partial charge in [0, 0.05) is 17.8 Å². The maximum atomic E-state index is 11.1. The van der Waals surface area contributed by atoms with Crippen LogP contribution < -0.4 is 5.32 Å². The predicted octanol–water partition coefficient (Wildman–Crippen LogP) is 3.14. The van der Waals surface area contributed by atoms with Crippen LogP contribution in [0.2, 0.25) is 0 Å². The van der Waals surface area contributed by atoms with Crippen molar-refractivity contribution >= 4 is 11.5 Å². The first-order valence-electron chi connectivity index (χ1n) is 6.37. The number of nitrogens with one attached hydrogen (secondary N) is 1. The molecule has 0 radical (unpaired) electrons. The van der Waals surface area contributed by atoms with Crippen molar-refractivity contribution in [2.24, 2.45) is 11.8 Å². The van der Waals surface area contributed by atoms with Crippen molar-refractivity contribution in [2.45, 2.75) is 39.7 Å². The molecule has 2 rings (SSSR count). The molecule has 0 amide bonds. The third-order valence-corrected chi connectivity index (χ3v) is 4.10. The fourth-order valence-corrected chi connectivity index (χ4v) is 2.63. The quantitative estimate of drug-likeness (QED) is 0.660. The molecule has 1 saturated carbocycles. The Bertz CT molecular complexity index is 462. The maximum Gasteiger partial charge on any atom is 0.314 e. The lowest BCUT2D eigenvalue weighted by molar-refractivity contribution is -0.384. The van der Waals surface area contributed by atoms with Crippen LogP contribution in [0.4, 0.5) is 11.5 Å². The molecule has 3 unspecified atom stereocenters. The molecule has 1 heterocycles. The number of hydrogen-bond acceptors (Lipinski definition) is 4. The second-order valence-corrected chi connectivity index (χ2v) is 5.25. The second-order valence-electron chi connectivity index (χ2n) is 5.25. The third kappa shape index (κ3) is 2.30. The molecule has 1 aliphatic rings. The first-order chi connectivity index (χ1) is 8.50. The van der Waals surface area contributed by atoms with Crippen molar-refractivity contribution < 1.29 is 4.92 Å². The summed E-state index contributed by atoms with van der Waals surface area (Å²) in [5.41, 5.74) is 0.750. The lowest BCUT2D eigenvalue weighted by atomic mass is 9.98. The molecule has 1 aliphatic carbocycles. The Morgan fingerprint density at radius 2 is 2.17 bits per heavy atom. The van der Waals surface area contributed by atoms with E-state index in [1.165, 1.54) is 6.42 Å². The van der Waals surface area contributed by atoms with Gasteiger partial charge in [-0.3, -0.25) is 10.1 Å². The van der Waals surface area contributed by atoms with Gasteiger partial charge < -0.3 is 5.32 Å². The third-order valence-electron chi connectivity index (χ3n) is 4.10. The van der Waals surface area contributed by atoms with Gasteiger partial charge >= 0.3 is 5.69 Å². The van der Waals surface area contributed by atoms with Crippen molar-refractivity contribution in [3.8, 4) is 0 Å². The first kappa shape index (κ1) is 12.8. The van der Waals surface area contributed by atoms with Crippen molar-refractivity contribution in [2.75, 3.05) is 5.32 Å². The molecule has 18 heavy (non-hydrogen) atoms. The van der Waals surface area contributed by atoms with Gasteiger partial charge in [0.1, 0.15) is 0 Å². The molecule has 0 aliphatic heterocycles. The second kappa shape index (κ2) is 4.92. The van der Waals surface area contributed by atoms with Crippen LogP contribution in [0.25, 0.3) is 0 Å². The highest BCUT2D eigenvalue weighted by molar-refractivity contribution is 5.60. The minimum atomic E-state index is -0.353. The van der Waals surface area contributed by atoms with Crippen molar-refractivity contribution in [3.05, 3.63) is 27.9 Å². The summed E-state index contributed by atoms with van der Waals surface area (Å²) in [5, 5.41) is 14.3. The molecule has 0 bridgehead atoms. The van der Waals surface area contributed by atoms with E-state index < -0.39 is 0 Å². The Morgan fingerprint density at radius 1 is 1.44 bits per heavy atom. The van der Waals surface area contributed by atoms with Crippen LogP contribution in [-0.2, 0) is 0 Å². The van der Waals surface area contributed by atoms with Crippen LogP contribution in [0.5, 0.6) is 0 Å². The average Bonchev–Trinajstić information content (AvgIpc) is 2.60. The largest absolute Gasteiger partial charge is 0.361 e. The summed E-state index contributed by atoms with van der Waals surface area (Å²) in [6.07, 6.45) is 3.83. The van der Waals surface area contributed by atoms with Crippen LogP contribution in [0.3, 0.4) is 0 Å². The molecule has 0 spiro atoms. The van der Waals surface area contributed by atoms with Crippen LogP contribution in [-0.4, -0.2) is 15.9 Å². The topological polar surface area (TPSA) is 68.1 Å². The molecular formula is C13H19N3O2. The van der Waals surface area contributed by atoms with Crippen molar-refractivity contribution in [3.63, 3.8) is 0 Å². The number of anilines is 1. The summed E-state index contributed by atoms with van der Waals surface area (Å²) in [6, 6.07) is 1.96. The van der Waals surface area contributed by atoms with Gasteiger partial charge in [0.25, 0.3) is 0 Å². The zero-order valence-electron chi connectivity index (χ0n) is 11.0. The van der Waals surface area contributed by atoms with E-state index in [-0.39, 0.29) is 16.7 Å². The molecule has 1 N–H and O–H groups in total. The number of aromatic nitrogens is 1. The van der Waals surface area contributed by atoms with E-state index in [4.69, 9.17) is 0 Å². The van der Waals surface area contributed by atoms with Gasteiger partial charge in [-0.2, -0.15) is 0 Å². The van der Waals surface area contributed by atoms with Gasteiger partial charge in [-0.1, -0.05) is 13.8 Å². The van der Waals surface area contributed by atoms with E-state index in [1.54, 1.807) is 19.2 Å². The molecule has 5 nitrogen and oxygen atoms in total. The van der Waals surface area contributed by atoms with E-state index >= 15 is 0 Å². The Morgan fingerprint density at radius 3 is 2.72 bits per heavy atom. The Labute approximate surface area is 107 Å². The van der Waals surface area contributed by atoms with Gasteiger partial charge in [-0.05, 0) is 37.7 Å². The Balaban J connectivity index is 2.24. The van der Waals surface area contributed by atoms with Crippen LogP contribution in [0.15, 0.2) is 12.3 Å². The minimum Gasteiger partial charge on any atom is -0.361 e. The van der Waals surface area contributed by atoms with E-state index in [0.717, 1.165) is 6.42 Å². The molecule has 0 aromatic carbocycles. The van der Waals surface area contributed by atoms with Gasteiger partial charge in [-0.25, -0.2) is 4.98 Å². The van der Waals surface area contributed by atoms with E-state index in [1.807, 2.05) is 0 Å². The van der Waals surface area contributed by atoms with Crippen LogP contribution in [0.1, 0.15) is 32.3 Å². The maximum absolute atomic E-state index is 11.1. The standard InChI is InChI=1S/C13H19N3O2/c1-8-4-5-11(10(8)3)15-13-12(16(17)18)9(2)6-7-14-13/h6-8,10-11H,4-5H2,1-3H3,(H,14,15). The highest BCUT2D eigenvalue weighted by Gasteiger charge is 2.31. The minimum absolute atomic E-state index is 0.101. The summed E-state index contributed by atoms with van der Waals surface area (Å²) in [4.78, 5) is 14.9. The molecular weight excluding hydrogens is 230 g/mol. The number of hydrogen-bond donors (Lipinski definition) is 1. The summed E-state index contributed by atoms with van der Waals surface area (Å²) < 4.78 is 0. The molecule has 1 fully saturated rings. The highest BCUT2D eigenvalue weighted by atomic mass is 16.6. The predicted molar refractivity (Wildman–Crippen MR) is 70.6 cm³/mol. The summed E-state index contributed by atoms with van der Waals surface area (Å²) in [5.74, 6) is 1.59. The van der Waals surface area contributed by atoms with Gasteiger partial charge in [-0.15, -0.1) is 0 Å². The first-order valence-corrected chi connectivity index (χ1v) is 6.37. The highest BCUT2D eigenvalue weighted by Crippen LogP contribution is 2.35. The number of nitro groups is 1. The van der Waals surface area contributed by atoms with E-state index in [9.17, 15) is 10.1 Å². The SMILES string of the molecule is Cc1ccnc(NC2CCC(C)C2C)c1[N+](=O)[O-]. The summed E-state index contributed by atoms with van der Waals surface area (Å²) >= 11 is 0. The lowest BCUT2D eigenvalue weighted by Crippen LogP contribution is -2.25. The Kier molecular flexibility index (Phi) is 3.50. The smallest absolute Gasteiger partial charge is 0.314 e. The summed E-state index contributed by atoms with van der Waals surface area (Å²) in [7, 11) is 0. The molecule has 98 valence electrons. The Hall–Kier alpha value is -1.65. The fraction of sp³-hybridized carbons (Fsp3) is 0.615. The number of rotatable bonds is 3.